The van der Waals surface area contributed by atoms with Crippen LogP contribution < -0.4 is 4.74 Å². The topological polar surface area (TPSA) is 45.9 Å². The van der Waals surface area contributed by atoms with Crippen LogP contribution in [-0.4, -0.2) is 11.6 Å². The van der Waals surface area contributed by atoms with E-state index in [9.17, 15) is 0 Å². The first-order valence-electron chi connectivity index (χ1n) is 6.26. The molecule has 3 heteroatoms. The number of rotatable bonds is 3. The van der Waals surface area contributed by atoms with E-state index in [0.717, 1.165) is 28.1 Å². The second kappa shape index (κ2) is 5.53. The van der Waals surface area contributed by atoms with Crippen LogP contribution in [0.2, 0.25) is 0 Å². The molecule has 0 amide bonds. The zero-order valence-corrected chi connectivity index (χ0v) is 11.4. The Hall–Kier alpha value is -2.34. The van der Waals surface area contributed by atoms with E-state index in [1.165, 1.54) is 0 Å². The highest BCUT2D eigenvalue weighted by atomic mass is 16.5. The number of pyridine rings is 1. The predicted octanol–water partition coefficient (Wildman–Crippen LogP) is 3.64. The number of hydrogen-bond acceptors (Lipinski definition) is 3. The van der Waals surface area contributed by atoms with Gasteiger partial charge in [-0.2, -0.15) is 5.26 Å². The molecule has 2 rings (SSSR count). The summed E-state index contributed by atoms with van der Waals surface area (Å²) in [6.07, 6.45) is 1.60. The number of aryl methyl sites for hydroxylation is 2. The smallest absolute Gasteiger partial charge is 0.122 e. The molecule has 0 atom stereocenters. The summed E-state index contributed by atoms with van der Waals surface area (Å²) in [5.74, 6) is 0.914. The highest BCUT2D eigenvalue weighted by molar-refractivity contribution is 5.66. The number of benzene rings is 1. The zero-order valence-electron chi connectivity index (χ0n) is 11.4. The number of aromatic nitrogens is 1. The Balaban J connectivity index is 2.44. The van der Waals surface area contributed by atoms with Crippen LogP contribution in [-0.2, 0) is 0 Å². The van der Waals surface area contributed by atoms with Crippen LogP contribution in [0.25, 0.3) is 11.3 Å². The average molecular weight is 252 g/mol. The molecule has 0 fully saturated rings. The van der Waals surface area contributed by atoms with Crippen LogP contribution in [0.3, 0.4) is 0 Å². The van der Waals surface area contributed by atoms with Gasteiger partial charge in [-0.05, 0) is 56.2 Å². The summed E-state index contributed by atoms with van der Waals surface area (Å²) < 4.78 is 5.58. The molecule has 0 aliphatic carbocycles. The molecule has 0 saturated carbocycles. The van der Waals surface area contributed by atoms with Gasteiger partial charge in [-0.25, -0.2) is 0 Å². The lowest BCUT2D eigenvalue weighted by atomic mass is 10.0. The van der Waals surface area contributed by atoms with E-state index < -0.39 is 0 Å². The van der Waals surface area contributed by atoms with Crippen molar-refractivity contribution in [2.75, 3.05) is 6.61 Å². The average Bonchev–Trinajstić information content (AvgIpc) is 2.43. The fraction of sp³-hybridized carbons (Fsp3) is 0.250. The lowest BCUT2D eigenvalue weighted by molar-refractivity contribution is 0.337. The van der Waals surface area contributed by atoms with Gasteiger partial charge in [-0.1, -0.05) is 0 Å². The molecular formula is C16H16N2O. The molecule has 0 saturated heterocycles. The van der Waals surface area contributed by atoms with Crippen molar-refractivity contribution in [3.63, 3.8) is 0 Å². The maximum atomic E-state index is 8.79. The third-order valence-electron chi connectivity index (χ3n) is 2.99. The molecule has 3 nitrogen and oxygen atoms in total. The first-order valence-corrected chi connectivity index (χ1v) is 6.26. The normalized spacial score (nSPS) is 10.0. The van der Waals surface area contributed by atoms with Gasteiger partial charge in [0.15, 0.2) is 0 Å². The Morgan fingerprint density at radius 2 is 2.00 bits per heavy atom. The molecule has 2 aromatic rings. The summed E-state index contributed by atoms with van der Waals surface area (Å²) in [6.45, 7) is 6.70. The number of nitrogens with zero attached hydrogens (tertiary/aromatic N) is 2. The van der Waals surface area contributed by atoms with Crippen LogP contribution in [0.4, 0.5) is 0 Å². The largest absolute Gasteiger partial charge is 0.494 e. The van der Waals surface area contributed by atoms with Crippen molar-refractivity contribution >= 4 is 0 Å². The molecule has 0 spiro atoms. The number of ether oxygens (including phenoxy) is 1. The van der Waals surface area contributed by atoms with E-state index in [-0.39, 0.29) is 0 Å². The lowest BCUT2D eigenvalue weighted by Crippen LogP contribution is -1.96. The van der Waals surface area contributed by atoms with Crippen LogP contribution in [0.5, 0.6) is 5.75 Å². The van der Waals surface area contributed by atoms with Crippen molar-refractivity contribution in [2.45, 2.75) is 20.8 Å². The van der Waals surface area contributed by atoms with Crippen molar-refractivity contribution in [1.82, 2.24) is 4.98 Å². The maximum Gasteiger partial charge on any atom is 0.122 e. The maximum absolute atomic E-state index is 8.79. The summed E-state index contributed by atoms with van der Waals surface area (Å²) in [4.78, 5) is 4.33. The fourth-order valence-corrected chi connectivity index (χ4v) is 2.00. The highest BCUT2D eigenvalue weighted by Gasteiger charge is 2.08. The zero-order chi connectivity index (χ0) is 13.8. The Kier molecular flexibility index (Phi) is 3.82. The minimum Gasteiger partial charge on any atom is -0.494 e. The van der Waals surface area contributed by atoms with Gasteiger partial charge in [0.2, 0.25) is 0 Å². The van der Waals surface area contributed by atoms with E-state index >= 15 is 0 Å². The van der Waals surface area contributed by atoms with Gasteiger partial charge < -0.3 is 4.74 Å². The van der Waals surface area contributed by atoms with E-state index in [1.54, 1.807) is 12.3 Å². The second-order valence-electron chi connectivity index (χ2n) is 4.41. The van der Waals surface area contributed by atoms with Crippen molar-refractivity contribution in [3.8, 4) is 23.1 Å². The van der Waals surface area contributed by atoms with Crippen molar-refractivity contribution in [1.29, 1.82) is 5.26 Å². The quantitative estimate of drug-likeness (QED) is 0.837. The molecule has 0 aliphatic heterocycles. The van der Waals surface area contributed by atoms with Crippen LogP contribution in [0.1, 0.15) is 23.6 Å². The highest BCUT2D eigenvalue weighted by Crippen LogP contribution is 2.29. The second-order valence-corrected chi connectivity index (χ2v) is 4.41. The molecule has 1 aromatic heterocycles. The first kappa shape index (κ1) is 13.1. The Morgan fingerprint density at radius 1 is 1.21 bits per heavy atom. The SMILES string of the molecule is CCOc1cc(C)c(-c2ccc(C#N)cn2)cc1C. The van der Waals surface area contributed by atoms with E-state index in [1.807, 2.05) is 32.9 Å². The predicted molar refractivity (Wildman–Crippen MR) is 75.0 cm³/mol. The van der Waals surface area contributed by atoms with Gasteiger partial charge >= 0.3 is 0 Å². The Bertz CT molecular complexity index is 624. The minimum atomic E-state index is 0.573. The van der Waals surface area contributed by atoms with E-state index in [2.05, 4.69) is 17.1 Å². The van der Waals surface area contributed by atoms with Gasteiger partial charge in [0.25, 0.3) is 0 Å². The van der Waals surface area contributed by atoms with Gasteiger partial charge in [-0.3, -0.25) is 4.98 Å². The molecule has 0 unspecified atom stereocenters. The molecule has 1 heterocycles. The molecule has 19 heavy (non-hydrogen) atoms. The van der Waals surface area contributed by atoms with Crippen LogP contribution >= 0.6 is 0 Å². The first-order chi connectivity index (χ1) is 9.15. The Morgan fingerprint density at radius 3 is 2.58 bits per heavy atom. The molecular weight excluding hydrogens is 236 g/mol. The van der Waals surface area contributed by atoms with Gasteiger partial charge in [0, 0.05) is 11.8 Å². The van der Waals surface area contributed by atoms with Gasteiger partial charge in [0.05, 0.1) is 17.9 Å². The van der Waals surface area contributed by atoms with Crippen LogP contribution in [0.15, 0.2) is 30.5 Å². The molecule has 96 valence electrons. The summed E-state index contributed by atoms with van der Waals surface area (Å²) >= 11 is 0. The number of nitriles is 1. The Labute approximate surface area is 113 Å². The minimum absolute atomic E-state index is 0.573. The number of hydrogen-bond donors (Lipinski definition) is 0. The monoisotopic (exact) mass is 252 g/mol. The fourth-order valence-electron chi connectivity index (χ4n) is 2.00. The van der Waals surface area contributed by atoms with E-state index in [4.69, 9.17) is 10.00 Å². The van der Waals surface area contributed by atoms with Crippen molar-refractivity contribution in [3.05, 3.63) is 47.2 Å². The molecule has 1 aromatic carbocycles. The molecule has 0 radical (unpaired) electrons. The third-order valence-corrected chi connectivity index (χ3v) is 2.99. The summed E-state index contributed by atoms with van der Waals surface area (Å²) in [5.41, 5.74) is 4.73. The molecule has 0 N–H and O–H groups in total. The van der Waals surface area contributed by atoms with Gasteiger partial charge in [0.1, 0.15) is 11.8 Å². The van der Waals surface area contributed by atoms with Gasteiger partial charge in [-0.15, -0.1) is 0 Å². The van der Waals surface area contributed by atoms with Crippen LogP contribution in [0, 0.1) is 25.2 Å². The summed E-state index contributed by atoms with van der Waals surface area (Å²) in [5, 5.41) is 8.79. The molecule has 0 bridgehead atoms. The van der Waals surface area contributed by atoms with Crippen molar-refractivity contribution < 1.29 is 4.74 Å². The molecule has 0 aliphatic rings. The van der Waals surface area contributed by atoms with E-state index in [0.29, 0.717) is 12.2 Å². The standard InChI is InChI=1S/C16H16N2O/c1-4-19-16-8-11(2)14(7-12(16)3)15-6-5-13(9-17)10-18-15/h5-8,10H,4H2,1-3H3. The van der Waals surface area contributed by atoms with Crippen molar-refractivity contribution in [2.24, 2.45) is 0 Å². The lowest BCUT2D eigenvalue weighted by Gasteiger charge is -2.12. The summed E-state index contributed by atoms with van der Waals surface area (Å²) in [6, 6.07) is 9.85. The summed E-state index contributed by atoms with van der Waals surface area (Å²) in [7, 11) is 0. The third kappa shape index (κ3) is 2.74.